The Kier molecular flexibility index (Phi) is 53.2. The topological polar surface area (TPSA) is 134 Å². The Bertz CT molecular complexity index is 4350. The molecule has 120 heavy (non-hydrogen) atoms. The first-order valence-electron chi connectivity index (χ1n) is 41.6. The van der Waals surface area contributed by atoms with E-state index in [9.17, 15) is 24.0 Å². The first-order chi connectivity index (χ1) is 57.4. The van der Waals surface area contributed by atoms with Crippen LogP contribution in [0.1, 0.15) is 277 Å². The van der Waals surface area contributed by atoms with Gasteiger partial charge in [-0.3, -0.25) is 4.79 Å². The standard InChI is InChI=1S/2C19H22O2.2C17H18O2.2C11H16.C10H13NO.3CH4S/c2*1-13(2)17-8-6-16(7-9-17)12-21-19(20)18-10-5-14(3)11-15(18)4;2*1-13(2)15-10-8-14(9-11-15)12-19-17(18)16-6-4-3-5-7-16;2*1-4-10-5-7-11(8-6-10)9(2)3;1-8(2)10(12)11-9-6-4-3-5-7-9;3*1-2/h2*5-11,13H,12H2,1-4H3;2*3-11,13H,12H2,1-2H3;2*5-9H,4H2,1-3H3;3-8H,1-2H3,(H,11,12);3*2H,1H3. The van der Waals surface area contributed by atoms with Crippen LogP contribution in [0.5, 0.6) is 0 Å². The summed E-state index contributed by atoms with van der Waals surface area (Å²) in [5, 5.41) is 2.80. The molecule has 0 saturated carbocycles. The molecule has 0 bridgehead atoms. The zero-order chi connectivity index (χ0) is 89.7. The monoisotopic (exact) mass is 1680 g/mol. The number of ether oxygens (including phenoxy) is 4. The molecule has 0 aliphatic rings. The number of benzene rings is 11. The van der Waals surface area contributed by atoms with Gasteiger partial charge in [0, 0.05) is 11.6 Å². The van der Waals surface area contributed by atoms with E-state index < -0.39 is 0 Å². The van der Waals surface area contributed by atoms with Crippen molar-refractivity contribution in [2.75, 3.05) is 24.1 Å². The Morgan fingerprint density at radius 1 is 0.275 bits per heavy atom. The average molecular weight is 1680 g/mol. The van der Waals surface area contributed by atoms with Crippen LogP contribution in [0.2, 0.25) is 0 Å². The van der Waals surface area contributed by atoms with Crippen LogP contribution in [0.3, 0.4) is 0 Å². The van der Waals surface area contributed by atoms with Gasteiger partial charge in [-0.05, 0) is 221 Å². The zero-order valence-corrected chi connectivity index (χ0v) is 78.5. The van der Waals surface area contributed by atoms with Crippen LogP contribution in [0, 0.1) is 33.6 Å². The van der Waals surface area contributed by atoms with Gasteiger partial charge in [-0.15, -0.1) is 0 Å². The van der Waals surface area contributed by atoms with E-state index in [0.29, 0.717) is 84.2 Å². The average Bonchev–Trinajstić information content (AvgIpc) is 0.853. The zero-order valence-electron chi connectivity index (χ0n) is 75.8. The van der Waals surface area contributed by atoms with Crippen LogP contribution >= 0.6 is 37.9 Å². The van der Waals surface area contributed by atoms with Gasteiger partial charge in [-0.2, -0.15) is 37.9 Å². The number of thiol groups is 3. The second kappa shape index (κ2) is 60.3. The molecule has 1 N–H and O–H groups in total. The van der Waals surface area contributed by atoms with Gasteiger partial charge < -0.3 is 24.3 Å². The highest BCUT2D eigenvalue weighted by atomic mass is 32.1. The van der Waals surface area contributed by atoms with Crippen LogP contribution in [-0.4, -0.2) is 48.6 Å². The summed E-state index contributed by atoms with van der Waals surface area (Å²) in [5.41, 5.74) is 22.4. The van der Waals surface area contributed by atoms with Crippen molar-refractivity contribution in [3.05, 3.63) is 384 Å². The third kappa shape index (κ3) is 41.7. The molecule has 0 aliphatic carbocycles. The number of nitrogens with one attached hydrogen (secondary N) is 1. The highest BCUT2D eigenvalue weighted by molar-refractivity contribution is 7.79. The molecule has 13 heteroatoms. The number of rotatable bonds is 22. The molecule has 11 aromatic carbocycles. The minimum atomic E-state index is -0.284. The van der Waals surface area contributed by atoms with Crippen molar-refractivity contribution in [1.82, 2.24) is 0 Å². The maximum absolute atomic E-state index is 12.1. The maximum Gasteiger partial charge on any atom is 0.338 e. The Morgan fingerprint density at radius 2 is 0.492 bits per heavy atom. The smallest absolute Gasteiger partial charge is 0.338 e. The molecular weight excluding hydrogens is 1540 g/mol. The van der Waals surface area contributed by atoms with Crippen molar-refractivity contribution in [2.45, 2.75) is 213 Å². The van der Waals surface area contributed by atoms with Crippen molar-refractivity contribution in [3.63, 3.8) is 0 Å². The van der Waals surface area contributed by atoms with E-state index in [2.05, 4.69) is 237 Å². The lowest BCUT2D eigenvalue weighted by atomic mass is 10.0. The van der Waals surface area contributed by atoms with Gasteiger partial charge in [0.25, 0.3) is 0 Å². The Balaban J connectivity index is 0.000000475. The van der Waals surface area contributed by atoms with E-state index in [0.717, 1.165) is 63.0 Å². The van der Waals surface area contributed by atoms with Crippen LogP contribution < -0.4 is 5.32 Å². The van der Waals surface area contributed by atoms with Gasteiger partial charge in [-0.1, -0.05) is 346 Å². The lowest BCUT2D eigenvalue weighted by Gasteiger charge is -2.09. The number of carbonyl (C=O) groups is 5. The molecule has 0 unspecified atom stereocenters. The normalized spacial score (nSPS) is 10.1. The number of para-hydroxylation sites is 1. The van der Waals surface area contributed by atoms with Crippen molar-refractivity contribution in [2.24, 2.45) is 5.92 Å². The van der Waals surface area contributed by atoms with E-state index in [1.807, 2.05) is 193 Å². The molecular formula is C107H137NO9S3. The summed E-state index contributed by atoms with van der Waals surface area (Å²) in [6.45, 7) is 43.4. The number of esters is 4. The van der Waals surface area contributed by atoms with Crippen molar-refractivity contribution in [3.8, 4) is 0 Å². The van der Waals surface area contributed by atoms with E-state index >= 15 is 0 Å². The van der Waals surface area contributed by atoms with E-state index in [1.54, 1.807) is 43.0 Å². The van der Waals surface area contributed by atoms with Crippen LogP contribution in [0.4, 0.5) is 5.69 Å². The maximum atomic E-state index is 12.1. The van der Waals surface area contributed by atoms with E-state index in [-0.39, 0.29) is 35.7 Å². The van der Waals surface area contributed by atoms with Gasteiger partial charge in [0.15, 0.2) is 0 Å². The molecule has 0 atom stereocenters. The summed E-state index contributed by atoms with van der Waals surface area (Å²) in [6, 6.07) is 89.6. The van der Waals surface area contributed by atoms with Crippen molar-refractivity contribution in [1.29, 1.82) is 0 Å². The van der Waals surface area contributed by atoms with E-state index in [4.69, 9.17) is 18.9 Å². The predicted molar refractivity (Wildman–Crippen MR) is 518 cm³/mol. The molecule has 0 heterocycles. The molecule has 0 radical (unpaired) electrons. The number of anilines is 1. The Hall–Kier alpha value is -10.2. The van der Waals surface area contributed by atoms with Gasteiger partial charge in [0.1, 0.15) is 26.4 Å². The third-order valence-electron chi connectivity index (χ3n) is 19.0. The Labute approximate surface area is 738 Å². The second-order valence-electron chi connectivity index (χ2n) is 30.8. The number of hydrogen-bond acceptors (Lipinski definition) is 12. The summed E-state index contributed by atoms with van der Waals surface area (Å²) in [7, 11) is 0. The summed E-state index contributed by atoms with van der Waals surface area (Å²) < 4.78 is 21.3. The molecule has 0 aliphatic heterocycles. The van der Waals surface area contributed by atoms with Crippen LogP contribution in [-0.2, 0) is 63.0 Å². The minimum Gasteiger partial charge on any atom is -0.457 e. The van der Waals surface area contributed by atoms with E-state index in [1.165, 1.54) is 44.5 Å². The summed E-state index contributed by atoms with van der Waals surface area (Å²) in [5.74, 6) is 2.35. The molecule has 10 nitrogen and oxygen atoms in total. The lowest BCUT2D eigenvalue weighted by molar-refractivity contribution is -0.118. The highest BCUT2D eigenvalue weighted by Crippen LogP contribution is 2.23. The fourth-order valence-corrected chi connectivity index (χ4v) is 11.2. The quantitative estimate of drug-likeness (QED) is 0.0297. The first kappa shape index (κ1) is 106. The SMILES string of the molecule is CC(C)C(=O)Nc1ccccc1.CC(C)c1ccc(COC(=O)c2ccccc2)cc1.CC(C)c1ccc(COC(=O)c2ccccc2)cc1.CCc1ccc(C(C)C)cc1.CCc1ccc(C(C)C)cc1.CS.CS.CS.Cc1ccc(C(=O)OCc2ccc(C(C)C)cc2)c(C)c1.Cc1ccc(C(=O)OCc2ccc(C(C)C)cc2)c(C)c1. The highest BCUT2D eigenvalue weighted by Gasteiger charge is 2.15. The third-order valence-corrected chi connectivity index (χ3v) is 19.0. The number of carbonyl (C=O) groups excluding carboxylic acids is 5. The van der Waals surface area contributed by atoms with Gasteiger partial charge in [-0.25, -0.2) is 19.2 Å². The number of amides is 1. The molecule has 11 aromatic rings. The molecule has 0 fully saturated rings. The molecule has 0 aromatic heterocycles. The van der Waals surface area contributed by atoms with Crippen LogP contribution in [0.15, 0.2) is 273 Å². The second-order valence-corrected chi connectivity index (χ2v) is 30.8. The Morgan fingerprint density at radius 3 is 0.700 bits per heavy atom. The first-order valence-corrected chi connectivity index (χ1v) is 44.3. The van der Waals surface area contributed by atoms with Gasteiger partial charge in [0.2, 0.25) is 5.91 Å². The summed E-state index contributed by atoms with van der Waals surface area (Å²) in [6.07, 6.45) is 7.36. The summed E-state index contributed by atoms with van der Waals surface area (Å²) in [4.78, 5) is 58.9. The molecule has 0 saturated heterocycles. The molecule has 0 spiro atoms. The van der Waals surface area contributed by atoms with Gasteiger partial charge in [0.05, 0.1) is 22.3 Å². The fourth-order valence-electron chi connectivity index (χ4n) is 11.2. The number of hydrogen-bond donors (Lipinski definition) is 4. The predicted octanol–water partition coefficient (Wildman–Crippen LogP) is 28.6. The fraction of sp³-hybridized carbons (Fsp3) is 0.336. The van der Waals surface area contributed by atoms with Crippen LogP contribution in [0.25, 0.3) is 0 Å². The minimum absolute atomic E-state index is 0.0326. The number of aryl methyl sites for hydroxylation is 6. The molecule has 11 rings (SSSR count). The largest absolute Gasteiger partial charge is 0.457 e. The van der Waals surface area contributed by atoms with Gasteiger partial charge >= 0.3 is 23.9 Å². The molecule has 642 valence electrons. The lowest BCUT2D eigenvalue weighted by Crippen LogP contribution is -2.17. The van der Waals surface area contributed by atoms with Crippen molar-refractivity contribution < 1.29 is 42.9 Å². The molecule has 1 amide bonds. The summed E-state index contributed by atoms with van der Waals surface area (Å²) >= 11 is 10.6. The van der Waals surface area contributed by atoms with Crippen molar-refractivity contribution >= 4 is 73.4 Å².